The standard InChI is InChI=1S/C14H20N2O4/c1-3-5-8-16(4-2)14(20)15-12-7-6-10(17)9-11(12)13(18)19/h6-7,9,17H,3-5,8H2,1-2H3,(H,15,20)(H,18,19). The van der Waals surface area contributed by atoms with Gasteiger partial charge < -0.3 is 20.4 Å². The Bertz CT molecular complexity index is 488. The molecule has 0 saturated carbocycles. The highest BCUT2D eigenvalue weighted by molar-refractivity contribution is 6.00. The number of phenols is 1. The molecular weight excluding hydrogens is 260 g/mol. The van der Waals surface area contributed by atoms with E-state index in [1.807, 2.05) is 13.8 Å². The van der Waals surface area contributed by atoms with Crippen molar-refractivity contribution in [3.05, 3.63) is 23.8 Å². The molecule has 1 aromatic rings. The van der Waals surface area contributed by atoms with Gasteiger partial charge in [0.15, 0.2) is 0 Å². The second-order valence-electron chi connectivity index (χ2n) is 4.40. The third-order valence-corrected chi connectivity index (χ3v) is 2.93. The minimum absolute atomic E-state index is 0.134. The maximum absolute atomic E-state index is 12.1. The summed E-state index contributed by atoms with van der Waals surface area (Å²) in [6, 6.07) is 3.49. The van der Waals surface area contributed by atoms with Crippen LogP contribution >= 0.6 is 0 Å². The molecule has 20 heavy (non-hydrogen) atoms. The van der Waals surface area contributed by atoms with Crippen LogP contribution in [0.1, 0.15) is 37.0 Å². The molecule has 0 fully saturated rings. The molecule has 0 aliphatic carbocycles. The zero-order valence-electron chi connectivity index (χ0n) is 11.7. The number of nitrogens with zero attached hydrogens (tertiary/aromatic N) is 1. The van der Waals surface area contributed by atoms with Crippen LogP contribution < -0.4 is 5.32 Å². The van der Waals surface area contributed by atoms with Crippen LogP contribution in [0.5, 0.6) is 5.75 Å². The van der Waals surface area contributed by atoms with E-state index in [0.717, 1.165) is 18.9 Å². The first-order valence-electron chi connectivity index (χ1n) is 6.61. The minimum Gasteiger partial charge on any atom is -0.508 e. The predicted octanol–water partition coefficient (Wildman–Crippen LogP) is 2.74. The maximum Gasteiger partial charge on any atom is 0.337 e. The number of hydrogen-bond acceptors (Lipinski definition) is 3. The first-order valence-corrected chi connectivity index (χ1v) is 6.61. The minimum atomic E-state index is -1.20. The third kappa shape index (κ3) is 4.15. The monoisotopic (exact) mass is 280 g/mol. The van der Waals surface area contributed by atoms with E-state index in [0.29, 0.717) is 13.1 Å². The number of rotatable bonds is 6. The number of amides is 2. The highest BCUT2D eigenvalue weighted by Crippen LogP contribution is 2.21. The lowest BCUT2D eigenvalue weighted by Crippen LogP contribution is -2.35. The van der Waals surface area contributed by atoms with Crippen LogP contribution in [0, 0.1) is 0 Å². The van der Waals surface area contributed by atoms with E-state index in [-0.39, 0.29) is 23.0 Å². The summed E-state index contributed by atoms with van der Waals surface area (Å²) in [7, 11) is 0. The smallest absolute Gasteiger partial charge is 0.337 e. The molecule has 0 aliphatic rings. The molecule has 0 bridgehead atoms. The molecule has 0 heterocycles. The Kier molecular flexibility index (Phi) is 5.83. The second kappa shape index (κ2) is 7.37. The highest BCUT2D eigenvalue weighted by atomic mass is 16.4. The van der Waals surface area contributed by atoms with Gasteiger partial charge in [0, 0.05) is 13.1 Å². The lowest BCUT2D eigenvalue weighted by molar-refractivity contribution is 0.0697. The molecule has 0 atom stereocenters. The van der Waals surface area contributed by atoms with Crippen LogP contribution in [-0.2, 0) is 0 Å². The molecule has 0 spiro atoms. The first-order chi connectivity index (χ1) is 9.49. The van der Waals surface area contributed by atoms with Crippen molar-refractivity contribution < 1.29 is 19.8 Å². The average molecular weight is 280 g/mol. The van der Waals surface area contributed by atoms with Crippen LogP contribution in [0.25, 0.3) is 0 Å². The average Bonchev–Trinajstić information content (AvgIpc) is 2.41. The number of aromatic hydroxyl groups is 1. The summed E-state index contributed by atoms with van der Waals surface area (Å²) in [5, 5.41) is 20.9. The molecule has 2 amide bonds. The summed E-state index contributed by atoms with van der Waals surface area (Å²) >= 11 is 0. The second-order valence-corrected chi connectivity index (χ2v) is 4.40. The van der Waals surface area contributed by atoms with Crippen molar-refractivity contribution >= 4 is 17.7 Å². The van der Waals surface area contributed by atoms with E-state index >= 15 is 0 Å². The predicted molar refractivity (Wildman–Crippen MR) is 76.2 cm³/mol. The number of aromatic carboxylic acids is 1. The Labute approximate surface area is 118 Å². The summed E-state index contributed by atoms with van der Waals surface area (Å²) in [4.78, 5) is 24.8. The zero-order valence-corrected chi connectivity index (χ0v) is 11.7. The fraction of sp³-hybridized carbons (Fsp3) is 0.429. The van der Waals surface area contributed by atoms with Crippen LogP contribution in [0.2, 0.25) is 0 Å². The van der Waals surface area contributed by atoms with Gasteiger partial charge in [-0.1, -0.05) is 13.3 Å². The quantitative estimate of drug-likeness (QED) is 0.699. The Morgan fingerprint density at radius 2 is 2.00 bits per heavy atom. The molecular formula is C14H20N2O4. The largest absolute Gasteiger partial charge is 0.508 e. The number of phenolic OH excluding ortho intramolecular Hbond substituents is 1. The van der Waals surface area contributed by atoms with Gasteiger partial charge in [0.25, 0.3) is 0 Å². The van der Waals surface area contributed by atoms with Gasteiger partial charge in [-0.2, -0.15) is 0 Å². The van der Waals surface area contributed by atoms with Crippen LogP contribution in [-0.4, -0.2) is 40.2 Å². The number of benzene rings is 1. The number of carboxylic acid groups (broad SMARTS) is 1. The number of carboxylic acids is 1. The first kappa shape index (κ1) is 15.8. The molecule has 0 aliphatic heterocycles. The third-order valence-electron chi connectivity index (χ3n) is 2.93. The van der Waals surface area contributed by atoms with Gasteiger partial charge in [0.2, 0.25) is 0 Å². The molecule has 0 aromatic heterocycles. The van der Waals surface area contributed by atoms with E-state index in [1.54, 1.807) is 4.90 Å². The van der Waals surface area contributed by atoms with E-state index in [1.165, 1.54) is 12.1 Å². The van der Waals surface area contributed by atoms with Gasteiger partial charge in [0.1, 0.15) is 5.75 Å². The van der Waals surface area contributed by atoms with Crippen molar-refractivity contribution in [3.8, 4) is 5.75 Å². The van der Waals surface area contributed by atoms with Crippen LogP contribution in [0.4, 0.5) is 10.5 Å². The lowest BCUT2D eigenvalue weighted by Gasteiger charge is -2.21. The van der Waals surface area contributed by atoms with Crippen molar-refractivity contribution in [2.45, 2.75) is 26.7 Å². The molecule has 110 valence electrons. The number of nitrogens with one attached hydrogen (secondary N) is 1. The van der Waals surface area contributed by atoms with Gasteiger partial charge in [-0.05, 0) is 31.5 Å². The summed E-state index contributed by atoms with van der Waals surface area (Å²) in [5.74, 6) is -1.36. The van der Waals surface area contributed by atoms with Gasteiger partial charge >= 0.3 is 12.0 Å². The number of carbonyl (C=O) groups excluding carboxylic acids is 1. The maximum atomic E-state index is 12.1. The van der Waals surface area contributed by atoms with Gasteiger partial charge in [-0.3, -0.25) is 0 Å². The Morgan fingerprint density at radius 1 is 1.30 bits per heavy atom. The summed E-state index contributed by atoms with van der Waals surface area (Å²) in [6.45, 7) is 5.07. The highest BCUT2D eigenvalue weighted by Gasteiger charge is 2.16. The Hall–Kier alpha value is -2.24. The number of urea groups is 1. The Balaban J connectivity index is 2.86. The number of carbonyl (C=O) groups is 2. The summed E-state index contributed by atoms with van der Waals surface area (Å²) in [6.07, 6.45) is 1.87. The molecule has 6 heteroatoms. The normalized spacial score (nSPS) is 10.1. The molecule has 1 rings (SSSR count). The van der Waals surface area contributed by atoms with E-state index in [4.69, 9.17) is 5.11 Å². The number of unbranched alkanes of at least 4 members (excludes halogenated alkanes) is 1. The van der Waals surface area contributed by atoms with Crippen LogP contribution in [0.15, 0.2) is 18.2 Å². The topological polar surface area (TPSA) is 89.9 Å². The zero-order chi connectivity index (χ0) is 15.1. The fourth-order valence-electron chi connectivity index (χ4n) is 1.76. The summed E-state index contributed by atoms with van der Waals surface area (Å²) < 4.78 is 0. The Morgan fingerprint density at radius 3 is 2.55 bits per heavy atom. The molecule has 6 nitrogen and oxygen atoms in total. The number of hydrogen-bond donors (Lipinski definition) is 3. The van der Waals surface area contributed by atoms with Crippen molar-refractivity contribution in [2.75, 3.05) is 18.4 Å². The van der Waals surface area contributed by atoms with Crippen LogP contribution in [0.3, 0.4) is 0 Å². The molecule has 3 N–H and O–H groups in total. The molecule has 0 radical (unpaired) electrons. The van der Waals surface area contributed by atoms with Crippen molar-refractivity contribution in [3.63, 3.8) is 0 Å². The van der Waals surface area contributed by atoms with Crippen molar-refractivity contribution in [2.24, 2.45) is 0 Å². The SMILES string of the molecule is CCCCN(CC)C(=O)Nc1ccc(O)cc1C(=O)O. The van der Waals surface area contributed by atoms with Crippen molar-refractivity contribution in [1.29, 1.82) is 0 Å². The van der Waals surface area contributed by atoms with E-state index < -0.39 is 5.97 Å². The fourth-order valence-corrected chi connectivity index (χ4v) is 1.76. The van der Waals surface area contributed by atoms with E-state index in [9.17, 15) is 14.7 Å². The summed E-state index contributed by atoms with van der Waals surface area (Å²) in [5.41, 5.74) is 0.0418. The molecule has 0 unspecified atom stereocenters. The van der Waals surface area contributed by atoms with Crippen molar-refractivity contribution in [1.82, 2.24) is 4.90 Å². The van der Waals surface area contributed by atoms with Gasteiger partial charge in [-0.25, -0.2) is 9.59 Å². The molecule has 1 aromatic carbocycles. The van der Waals surface area contributed by atoms with Gasteiger partial charge in [-0.15, -0.1) is 0 Å². The number of anilines is 1. The lowest BCUT2D eigenvalue weighted by atomic mass is 10.1. The van der Waals surface area contributed by atoms with E-state index in [2.05, 4.69) is 5.32 Å². The van der Waals surface area contributed by atoms with Gasteiger partial charge in [0.05, 0.1) is 11.3 Å². The molecule has 0 saturated heterocycles.